The van der Waals surface area contributed by atoms with Gasteiger partial charge in [-0.2, -0.15) is 0 Å². The highest BCUT2D eigenvalue weighted by atomic mass is 35.5. The van der Waals surface area contributed by atoms with Gasteiger partial charge in [0.2, 0.25) is 17.7 Å². The topological polar surface area (TPSA) is 159 Å². The number of carboxylic acid groups (broad SMARTS) is 1. The molecule has 7 rings (SSSR count). The van der Waals surface area contributed by atoms with E-state index in [4.69, 9.17) is 32.7 Å². The quantitative estimate of drug-likeness (QED) is 0.0794. The Kier molecular flexibility index (Phi) is 16.0. The zero-order valence-corrected chi connectivity index (χ0v) is 41.0. The van der Waals surface area contributed by atoms with E-state index in [9.17, 15) is 24.3 Å². The molecule has 360 valence electrons. The van der Waals surface area contributed by atoms with Crippen LogP contribution in [0.25, 0.3) is 11.3 Å². The molecule has 4 aromatic carbocycles. The highest BCUT2D eigenvalue weighted by Gasteiger charge is 2.50. The molecular formula is C52H61Cl2N7O7. The number of aliphatic carboxylic acids is 1. The van der Waals surface area contributed by atoms with Crippen molar-refractivity contribution in [2.24, 2.45) is 13.0 Å². The number of carboxylic acids is 1. The molecule has 2 aliphatic rings. The first kappa shape index (κ1) is 50.1. The molecule has 5 aromatic rings. The van der Waals surface area contributed by atoms with Gasteiger partial charge in [-0.05, 0) is 120 Å². The summed E-state index contributed by atoms with van der Waals surface area (Å²) >= 11 is 12.7. The van der Waals surface area contributed by atoms with Crippen LogP contribution in [-0.4, -0.2) is 110 Å². The minimum absolute atomic E-state index is 0.0411. The standard InChI is InChI=1S/C52H61Cl2N7O7/c1-34(55-29-38-15-20-41(54)27-45(38)68-42-21-16-37(17-22-42)43-30-56-46(59(43)6)31-58(4)5)49(65)61-44(32-67-51(61,2)3)48(64)57-52(28-36-13-18-40(53)19-14-36)23-10-24-60(33-52)50(66)39(26-47(62)63)25-35-11-8-7-9-12-35/h7-9,11-22,27,30,34,39,44,55H,10,23-26,28-29,31-33H2,1-6H3,(H,57,64)(H,62,63)/t34?,39?,44-,52+/m0/s1. The summed E-state index contributed by atoms with van der Waals surface area (Å²) in [4.78, 5) is 65.5. The molecule has 0 radical (unpaired) electrons. The van der Waals surface area contributed by atoms with Gasteiger partial charge in [0, 0.05) is 47.9 Å². The van der Waals surface area contributed by atoms with Gasteiger partial charge in [0.15, 0.2) is 0 Å². The molecule has 16 heteroatoms. The van der Waals surface area contributed by atoms with Gasteiger partial charge in [-0.25, -0.2) is 4.98 Å². The molecule has 68 heavy (non-hydrogen) atoms. The van der Waals surface area contributed by atoms with Crippen LogP contribution in [0.2, 0.25) is 10.0 Å². The fourth-order valence-electron chi connectivity index (χ4n) is 9.27. The zero-order valence-electron chi connectivity index (χ0n) is 39.5. The first-order valence-electron chi connectivity index (χ1n) is 22.9. The van der Waals surface area contributed by atoms with Gasteiger partial charge in [-0.1, -0.05) is 71.7 Å². The van der Waals surface area contributed by atoms with Crippen molar-refractivity contribution in [2.75, 3.05) is 33.8 Å². The van der Waals surface area contributed by atoms with E-state index in [-0.39, 0.29) is 44.4 Å². The average Bonchev–Trinajstić information content (AvgIpc) is 3.83. The van der Waals surface area contributed by atoms with Crippen LogP contribution in [0.1, 0.15) is 62.5 Å². The lowest BCUT2D eigenvalue weighted by molar-refractivity contribution is -0.152. The van der Waals surface area contributed by atoms with E-state index in [2.05, 4.69) is 25.1 Å². The number of aromatic nitrogens is 2. The number of carbonyl (C=O) groups excluding carboxylic acids is 3. The van der Waals surface area contributed by atoms with Gasteiger partial charge in [0.05, 0.1) is 49.0 Å². The number of likely N-dealkylation sites (tertiary alicyclic amines) is 1. The number of benzene rings is 4. The number of piperidine rings is 1. The normalized spacial score (nSPS) is 18.9. The van der Waals surface area contributed by atoms with Crippen LogP contribution < -0.4 is 15.4 Å². The van der Waals surface area contributed by atoms with Crippen LogP contribution in [-0.2, 0) is 56.9 Å². The monoisotopic (exact) mass is 965 g/mol. The Balaban J connectivity index is 1.06. The van der Waals surface area contributed by atoms with Gasteiger partial charge in [-0.15, -0.1) is 0 Å². The van der Waals surface area contributed by atoms with Gasteiger partial charge >= 0.3 is 5.97 Å². The highest BCUT2D eigenvalue weighted by molar-refractivity contribution is 6.31. The van der Waals surface area contributed by atoms with Crippen molar-refractivity contribution in [1.29, 1.82) is 0 Å². The second-order valence-corrected chi connectivity index (χ2v) is 19.6. The number of ether oxygens (including phenoxy) is 2. The summed E-state index contributed by atoms with van der Waals surface area (Å²) in [5.41, 5.74) is 2.42. The number of imidazole rings is 1. The molecule has 0 bridgehead atoms. The second-order valence-electron chi connectivity index (χ2n) is 18.7. The summed E-state index contributed by atoms with van der Waals surface area (Å²) in [6, 6.07) is 28.1. The summed E-state index contributed by atoms with van der Waals surface area (Å²) in [7, 11) is 6.02. The van der Waals surface area contributed by atoms with E-state index in [1.165, 1.54) is 4.90 Å². The van der Waals surface area contributed by atoms with Gasteiger partial charge in [0.25, 0.3) is 0 Å². The number of halogens is 2. The Hall–Kier alpha value is -5.77. The van der Waals surface area contributed by atoms with E-state index in [1.807, 2.05) is 100 Å². The second kappa shape index (κ2) is 21.7. The number of nitrogens with one attached hydrogen (secondary N) is 2. The Morgan fingerprint density at radius 2 is 1.65 bits per heavy atom. The number of hydrogen-bond donors (Lipinski definition) is 3. The Bertz CT molecular complexity index is 2570. The van der Waals surface area contributed by atoms with Gasteiger partial charge in [0.1, 0.15) is 29.1 Å². The summed E-state index contributed by atoms with van der Waals surface area (Å²) in [5.74, 6) is -0.815. The van der Waals surface area contributed by atoms with E-state index in [0.717, 1.165) is 40.3 Å². The molecule has 4 atom stereocenters. The zero-order chi connectivity index (χ0) is 48.8. The average molecular weight is 967 g/mol. The number of rotatable bonds is 18. The van der Waals surface area contributed by atoms with Crippen molar-refractivity contribution < 1.29 is 33.8 Å². The van der Waals surface area contributed by atoms with E-state index < -0.39 is 41.1 Å². The number of amides is 3. The Labute approximate surface area is 408 Å². The predicted molar refractivity (Wildman–Crippen MR) is 262 cm³/mol. The molecule has 3 amide bonds. The van der Waals surface area contributed by atoms with Crippen LogP contribution >= 0.6 is 23.2 Å². The van der Waals surface area contributed by atoms with Crippen molar-refractivity contribution in [2.45, 2.75) is 89.3 Å². The summed E-state index contributed by atoms with van der Waals surface area (Å²) in [5, 5.41) is 17.6. The van der Waals surface area contributed by atoms with E-state index >= 15 is 0 Å². The summed E-state index contributed by atoms with van der Waals surface area (Å²) in [6.07, 6.45) is 3.27. The minimum Gasteiger partial charge on any atom is -0.481 e. The van der Waals surface area contributed by atoms with Crippen molar-refractivity contribution in [1.82, 2.24) is 34.9 Å². The van der Waals surface area contributed by atoms with Crippen LogP contribution in [0.15, 0.2) is 103 Å². The molecule has 2 saturated heterocycles. The molecule has 14 nitrogen and oxygen atoms in total. The molecule has 0 spiro atoms. The van der Waals surface area contributed by atoms with Gasteiger partial charge in [-0.3, -0.25) is 24.1 Å². The number of nitrogens with zero attached hydrogens (tertiary/aromatic N) is 5. The van der Waals surface area contributed by atoms with E-state index in [0.29, 0.717) is 47.4 Å². The Morgan fingerprint density at radius 1 is 0.941 bits per heavy atom. The predicted octanol–water partition coefficient (Wildman–Crippen LogP) is 7.74. The Morgan fingerprint density at radius 3 is 2.34 bits per heavy atom. The lowest BCUT2D eigenvalue weighted by Crippen LogP contribution is -2.65. The molecule has 1 aromatic heterocycles. The van der Waals surface area contributed by atoms with E-state index in [1.54, 1.807) is 49.9 Å². The highest BCUT2D eigenvalue weighted by Crippen LogP contribution is 2.34. The minimum atomic E-state index is -1.13. The van der Waals surface area contributed by atoms with Crippen molar-refractivity contribution in [3.63, 3.8) is 0 Å². The maximum Gasteiger partial charge on any atom is 0.304 e. The van der Waals surface area contributed by atoms with Crippen LogP contribution in [0.3, 0.4) is 0 Å². The smallest absolute Gasteiger partial charge is 0.304 e. The maximum atomic E-state index is 14.7. The van der Waals surface area contributed by atoms with Crippen molar-refractivity contribution >= 4 is 46.9 Å². The molecule has 2 unspecified atom stereocenters. The lowest BCUT2D eigenvalue weighted by atomic mass is 9.81. The molecule has 2 aliphatic heterocycles. The summed E-state index contributed by atoms with van der Waals surface area (Å²) in [6.45, 7) is 6.75. The third kappa shape index (κ3) is 12.3. The van der Waals surface area contributed by atoms with Gasteiger partial charge < -0.3 is 39.6 Å². The SMILES string of the molecule is CC(NCc1ccc(Cl)cc1Oc1ccc(-c2cnc(CN(C)C)n2C)cc1)C(=O)N1[C@H](C(=O)N[C@@]2(Cc3ccc(Cl)cc3)CCCN(C(=O)C(CC(=O)O)Cc3ccccc3)C2)COC1(C)C. The molecule has 3 N–H and O–H groups in total. The largest absolute Gasteiger partial charge is 0.481 e. The number of hydrogen-bond acceptors (Lipinski definition) is 9. The van der Waals surface area contributed by atoms with Crippen molar-refractivity contribution in [3.8, 4) is 22.8 Å². The first-order chi connectivity index (χ1) is 32.4. The fourth-order valence-corrected chi connectivity index (χ4v) is 9.56. The fraction of sp³-hybridized carbons (Fsp3) is 0.404. The first-order valence-corrected chi connectivity index (χ1v) is 23.7. The summed E-state index contributed by atoms with van der Waals surface area (Å²) < 4.78 is 14.6. The molecule has 3 heterocycles. The third-order valence-electron chi connectivity index (χ3n) is 12.8. The van der Waals surface area contributed by atoms with Crippen LogP contribution in [0.4, 0.5) is 0 Å². The van der Waals surface area contributed by atoms with Crippen LogP contribution in [0, 0.1) is 5.92 Å². The van der Waals surface area contributed by atoms with Crippen LogP contribution in [0.5, 0.6) is 11.5 Å². The van der Waals surface area contributed by atoms with Crippen molar-refractivity contribution in [3.05, 3.63) is 136 Å². The number of carbonyl (C=O) groups is 4. The lowest BCUT2D eigenvalue weighted by Gasteiger charge is -2.45. The molecular weight excluding hydrogens is 906 g/mol. The maximum absolute atomic E-state index is 14.7. The molecule has 0 aliphatic carbocycles. The molecule has 2 fully saturated rings. The molecule has 0 saturated carbocycles. The third-order valence-corrected chi connectivity index (χ3v) is 13.3.